The molecule has 0 aliphatic carbocycles. The SMILES string of the molecule is COc1cc(Br)c(C(O)COc2c(N)cc(CO)cc2OC)cc1OC. The van der Waals surface area contributed by atoms with Crippen molar-refractivity contribution in [1.29, 1.82) is 0 Å². The summed E-state index contributed by atoms with van der Waals surface area (Å²) in [6.45, 7) is -0.227. The van der Waals surface area contributed by atoms with E-state index in [0.29, 0.717) is 44.3 Å². The summed E-state index contributed by atoms with van der Waals surface area (Å²) < 4.78 is 22.1. The second kappa shape index (κ2) is 8.98. The van der Waals surface area contributed by atoms with Gasteiger partial charge in [0.2, 0.25) is 0 Å². The Balaban J connectivity index is 2.23. The van der Waals surface area contributed by atoms with Crippen molar-refractivity contribution in [3.8, 4) is 23.0 Å². The number of ether oxygens (including phenoxy) is 4. The third-order valence-electron chi connectivity index (χ3n) is 3.79. The van der Waals surface area contributed by atoms with Crippen LogP contribution in [0, 0.1) is 0 Å². The third-order valence-corrected chi connectivity index (χ3v) is 4.48. The summed E-state index contributed by atoms with van der Waals surface area (Å²) >= 11 is 3.41. The lowest BCUT2D eigenvalue weighted by molar-refractivity contribution is 0.106. The topological polar surface area (TPSA) is 103 Å². The first kappa shape index (κ1) is 20.2. The predicted molar refractivity (Wildman–Crippen MR) is 101 cm³/mol. The van der Waals surface area contributed by atoms with Crippen LogP contribution < -0.4 is 24.7 Å². The van der Waals surface area contributed by atoms with Crippen molar-refractivity contribution in [1.82, 2.24) is 0 Å². The van der Waals surface area contributed by atoms with Gasteiger partial charge in [-0.2, -0.15) is 0 Å². The molecule has 0 fully saturated rings. The summed E-state index contributed by atoms with van der Waals surface area (Å²) in [5, 5.41) is 19.8. The van der Waals surface area contributed by atoms with Crippen LogP contribution >= 0.6 is 15.9 Å². The molecule has 2 aromatic rings. The van der Waals surface area contributed by atoms with Crippen molar-refractivity contribution in [3.63, 3.8) is 0 Å². The predicted octanol–water partition coefficient (Wildman–Crippen LogP) is 2.66. The van der Waals surface area contributed by atoms with Crippen LogP contribution in [0.3, 0.4) is 0 Å². The summed E-state index contributed by atoms with van der Waals surface area (Å²) in [6.07, 6.45) is -0.953. The van der Waals surface area contributed by atoms with E-state index in [1.807, 2.05) is 0 Å². The molecule has 0 radical (unpaired) electrons. The Morgan fingerprint density at radius 3 is 2.19 bits per heavy atom. The first-order valence-electron chi connectivity index (χ1n) is 7.74. The molecule has 26 heavy (non-hydrogen) atoms. The molecule has 0 saturated heterocycles. The number of hydrogen-bond donors (Lipinski definition) is 3. The van der Waals surface area contributed by atoms with Crippen LogP contribution in [0.25, 0.3) is 0 Å². The molecule has 2 rings (SSSR count). The second-order valence-corrected chi connectivity index (χ2v) is 6.28. The molecule has 0 bridgehead atoms. The number of aliphatic hydroxyl groups excluding tert-OH is 2. The maximum absolute atomic E-state index is 10.5. The summed E-state index contributed by atoms with van der Waals surface area (Å²) in [7, 11) is 4.53. The highest BCUT2D eigenvalue weighted by atomic mass is 79.9. The van der Waals surface area contributed by atoms with Crippen LogP contribution in [0.2, 0.25) is 0 Å². The molecule has 4 N–H and O–H groups in total. The van der Waals surface area contributed by atoms with Gasteiger partial charge in [-0.3, -0.25) is 0 Å². The third kappa shape index (κ3) is 4.32. The van der Waals surface area contributed by atoms with E-state index < -0.39 is 6.10 Å². The highest BCUT2D eigenvalue weighted by Crippen LogP contribution is 2.38. The number of benzene rings is 2. The van der Waals surface area contributed by atoms with Gasteiger partial charge in [0.15, 0.2) is 23.0 Å². The first-order chi connectivity index (χ1) is 12.4. The van der Waals surface area contributed by atoms with Crippen molar-refractivity contribution in [2.75, 3.05) is 33.7 Å². The zero-order valence-electron chi connectivity index (χ0n) is 14.8. The lowest BCUT2D eigenvalue weighted by Crippen LogP contribution is -2.12. The molecule has 7 nitrogen and oxygen atoms in total. The zero-order valence-corrected chi connectivity index (χ0v) is 16.4. The van der Waals surface area contributed by atoms with E-state index in [4.69, 9.17) is 24.7 Å². The van der Waals surface area contributed by atoms with Crippen LogP contribution in [0.15, 0.2) is 28.7 Å². The Morgan fingerprint density at radius 2 is 1.62 bits per heavy atom. The average Bonchev–Trinajstić information content (AvgIpc) is 2.65. The second-order valence-electron chi connectivity index (χ2n) is 5.43. The maximum Gasteiger partial charge on any atom is 0.184 e. The van der Waals surface area contributed by atoms with Crippen LogP contribution in [-0.2, 0) is 6.61 Å². The Hall–Kier alpha value is -2.16. The van der Waals surface area contributed by atoms with Gasteiger partial charge in [0.1, 0.15) is 12.7 Å². The molecule has 8 heteroatoms. The fourth-order valence-corrected chi connectivity index (χ4v) is 3.04. The van der Waals surface area contributed by atoms with Gasteiger partial charge in [0.25, 0.3) is 0 Å². The van der Waals surface area contributed by atoms with Crippen molar-refractivity contribution in [2.45, 2.75) is 12.7 Å². The minimum absolute atomic E-state index is 0.0624. The summed E-state index contributed by atoms with van der Waals surface area (Å²) in [6, 6.07) is 6.61. The summed E-state index contributed by atoms with van der Waals surface area (Å²) in [5.41, 5.74) is 7.46. The average molecular weight is 428 g/mol. The number of rotatable bonds is 8. The van der Waals surface area contributed by atoms with Crippen LogP contribution in [0.1, 0.15) is 17.2 Å². The van der Waals surface area contributed by atoms with E-state index in [0.717, 1.165) is 0 Å². The van der Waals surface area contributed by atoms with E-state index in [9.17, 15) is 10.2 Å². The van der Waals surface area contributed by atoms with Gasteiger partial charge in [-0.05, 0) is 29.8 Å². The molecule has 0 aromatic heterocycles. The van der Waals surface area contributed by atoms with Gasteiger partial charge in [-0.1, -0.05) is 15.9 Å². The Labute approximate surface area is 160 Å². The van der Waals surface area contributed by atoms with Crippen LogP contribution in [0.5, 0.6) is 23.0 Å². The van der Waals surface area contributed by atoms with E-state index in [1.54, 1.807) is 24.3 Å². The van der Waals surface area contributed by atoms with Gasteiger partial charge >= 0.3 is 0 Å². The molecule has 142 valence electrons. The van der Waals surface area contributed by atoms with Gasteiger partial charge in [-0.25, -0.2) is 0 Å². The van der Waals surface area contributed by atoms with Crippen molar-refractivity contribution in [2.24, 2.45) is 0 Å². The smallest absolute Gasteiger partial charge is 0.184 e. The quantitative estimate of drug-likeness (QED) is 0.556. The van der Waals surface area contributed by atoms with E-state index in [2.05, 4.69) is 15.9 Å². The molecule has 0 saturated carbocycles. The largest absolute Gasteiger partial charge is 0.493 e. The highest BCUT2D eigenvalue weighted by molar-refractivity contribution is 9.10. The highest BCUT2D eigenvalue weighted by Gasteiger charge is 2.19. The minimum Gasteiger partial charge on any atom is -0.493 e. The molecule has 0 spiro atoms. The van der Waals surface area contributed by atoms with E-state index >= 15 is 0 Å². The molecule has 0 aliphatic rings. The zero-order chi connectivity index (χ0) is 19.3. The maximum atomic E-state index is 10.5. The van der Waals surface area contributed by atoms with Crippen molar-refractivity contribution < 1.29 is 29.2 Å². The number of nitrogens with two attached hydrogens (primary N) is 1. The fraction of sp³-hybridized carbons (Fsp3) is 0.333. The normalized spacial score (nSPS) is 11.8. The lowest BCUT2D eigenvalue weighted by atomic mass is 10.1. The van der Waals surface area contributed by atoms with Gasteiger partial charge < -0.3 is 34.9 Å². The Bertz CT molecular complexity index is 768. The van der Waals surface area contributed by atoms with Crippen molar-refractivity contribution >= 4 is 21.6 Å². The number of halogens is 1. The fourth-order valence-electron chi connectivity index (χ4n) is 2.46. The van der Waals surface area contributed by atoms with Gasteiger partial charge in [-0.15, -0.1) is 0 Å². The number of aliphatic hydroxyl groups is 2. The molecule has 2 aromatic carbocycles. The standard InChI is InChI=1S/C18H22BrNO6/c1-23-15-6-11(12(19)7-16(15)24-2)14(22)9-26-18-13(20)4-10(8-21)5-17(18)25-3/h4-7,14,21-22H,8-9,20H2,1-3H3. The molecule has 0 amide bonds. The summed E-state index contributed by atoms with van der Waals surface area (Å²) in [5.74, 6) is 1.73. The molecular formula is C18H22BrNO6. The van der Waals surface area contributed by atoms with Crippen LogP contribution in [0.4, 0.5) is 5.69 Å². The molecule has 0 heterocycles. The Kier molecular flexibility index (Phi) is 6.96. The molecule has 0 aliphatic heterocycles. The first-order valence-corrected chi connectivity index (χ1v) is 8.53. The summed E-state index contributed by atoms with van der Waals surface area (Å²) in [4.78, 5) is 0. The Morgan fingerprint density at radius 1 is 1.00 bits per heavy atom. The van der Waals surface area contributed by atoms with Crippen LogP contribution in [-0.4, -0.2) is 38.1 Å². The lowest BCUT2D eigenvalue weighted by Gasteiger charge is -2.19. The van der Waals surface area contributed by atoms with Gasteiger partial charge in [0, 0.05) is 10.0 Å². The number of methoxy groups -OCH3 is 3. The number of anilines is 1. The van der Waals surface area contributed by atoms with Crippen molar-refractivity contribution in [3.05, 3.63) is 39.9 Å². The van der Waals surface area contributed by atoms with E-state index in [1.165, 1.54) is 21.3 Å². The molecule has 1 atom stereocenters. The number of nitrogen functional groups attached to an aromatic ring is 1. The molecular weight excluding hydrogens is 406 g/mol. The molecule has 1 unspecified atom stereocenters. The van der Waals surface area contributed by atoms with E-state index in [-0.39, 0.29) is 13.2 Å². The van der Waals surface area contributed by atoms with Gasteiger partial charge in [0.05, 0.1) is 33.6 Å². The minimum atomic E-state index is -0.953. The monoisotopic (exact) mass is 427 g/mol. The number of hydrogen-bond acceptors (Lipinski definition) is 7.